The number of carbonyl (C=O) groups is 2. The molecule has 0 aromatic carbocycles. The first-order chi connectivity index (χ1) is 16.9. The number of likely N-dealkylation sites (tertiary alicyclic amines) is 1. The highest BCUT2D eigenvalue weighted by Crippen LogP contribution is 2.35. The van der Waals surface area contributed by atoms with Crippen molar-refractivity contribution in [2.24, 2.45) is 5.92 Å². The molecule has 4 heterocycles. The van der Waals surface area contributed by atoms with Gasteiger partial charge in [-0.2, -0.15) is 0 Å². The van der Waals surface area contributed by atoms with Gasteiger partial charge in [0.25, 0.3) is 18.5 Å². The largest absolute Gasteiger partial charge is 0.483 e. The van der Waals surface area contributed by atoms with E-state index in [9.17, 15) is 4.79 Å². The van der Waals surface area contributed by atoms with E-state index in [1.165, 1.54) is 5.69 Å². The van der Waals surface area contributed by atoms with Crippen LogP contribution in [0.5, 0.6) is 0 Å². The van der Waals surface area contributed by atoms with Crippen LogP contribution in [0.4, 0.5) is 0 Å². The average molecular weight is 509 g/mol. The standard InChI is InChI=1S/C22H29ClN4O2.2CH2O2/c1-25(5-6-29-2)14-18-3-4-21-19-7-17(13-27(21)22(18)28)12-26(15-19)11-16-8-20(23)10-24-9-16;2*2-1-3/h3-4,8-10,17,19H,5-7,11-15H2,1-2H3;2*1H,(H,2,3)/t17-,19+;;/m0../s1. The fourth-order valence-electron chi connectivity index (χ4n) is 4.76. The summed E-state index contributed by atoms with van der Waals surface area (Å²) < 4.78 is 7.18. The lowest BCUT2D eigenvalue weighted by Gasteiger charge is -2.43. The van der Waals surface area contributed by atoms with Crippen LogP contribution in [0, 0.1) is 5.92 Å². The molecule has 2 N–H and O–H groups in total. The molecule has 4 rings (SSSR count). The van der Waals surface area contributed by atoms with Gasteiger partial charge in [-0.25, -0.2) is 0 Å². The molecule has 2 bridgehead atoms. The maximum atomic E-state index is 13.1. The van der Waals surface area contributed by atoms with E-state index in [0.29, 0.717) is 30.0 Å². The van der Waals surface area contributed by atoms with E-state index in [-0.39, 0.29) is 18.5 Å². The van der Waals surface area contributed by atoms with Gasteiger partial charge in [0, 0.05) is 75.9 Å². The molecule has 2 atom stereocenters. The van der Waals surface area contributed by atoms with Gasteiger partial charge in [-0.3, -0.25) is 29.2 Å². The lowest BCUT2D eigenvalue weighted by molar-refractivity contribution is -0.123. The van der Waals surface area contributed by atoms with E-state index in [0.717, 1.165) is 50.3 Å². The highest BCUT2D eigenvalue weighted by molar-refractivity contribution is 6.30. The molecular weight excluding hydrogens is 476 g/mol. The van der Waals surface area contributed by atoms with E-state index < -0.39 is 0 Å². The van der Waals surface area contributed by atoms with Gasteiger partial charge in [0.15, 0.2) is 0 Å². The first-order valence-electron chi connectivity index (χ1n) is 11.2. The van der Waals surface area contributed by atoms with Crippen molar-refractivity contribution in [3.8, 4) is 0 Å². The van der Waals surface area contributed by atoms with Crippen molar-refractivity contribution >= 4 is 24.5 Å². The molecule has 1 saturated heterocycles. The minimum atomic E-state index is -0.250. The number of hydrogen-bond acceptors (Lipinski definition) is 7. The van der Waals surface area contributed by atoms with Gasteiger partial charge < -0.3 is 19.5 Å². The van der Waals surface area contributed by atoms with Gasteiger partial charge in [0.1, 0.15) is 0 Å². The van der Waals surface area contributed by atoms with Gasteiger partial charge in [0.2, 0.25) is 0 Å². The maximum Gasteiger partial charge on any atom is 0.290 e. The van der Waals surface area contributed by atoms with E-state index in [1.54, 1.807) is 13.3 Å². The molecular formula is C24H33ClN4O6. The molecule has 10 nitrogen and oxygen atoms in total. The van der Waals surface area contributed by atoms with E-state index >= 15 is 0 Å². The van der Waals surface area contributed by atoms with E-state index in [1.807, 2.05) is 29.9 Å². The van der Waals surface area contributed by atoms with Gasteiger partial charge >= 0.3 is 0 Å². The molecule has 1 fully saturated rings. The Hall–Kier alpha value is -2.79. The molecule has 2 aromatic heterocycles. The van der Waals surface area contributed by atoms with Crippen molar-refractivity contribution in [2.45, 2.75) is 32.0 Å². The predicted molar refractivity (Wildman–Crippen MR) is 132 cm³/mol. The van der Waals surface area contributed by atoms with Crippen LogP contribution in [0.15, 0.2) is 35.4 Å². The highest BCUT2D eigenvalue weighted by atomic mass is 35.5. The number of aromatic nitrogens is 2. The zero-order valence-corrected chi connectivity index (χ0v) is 20.8. The second-order valence-corrected chi connectivity index (χ2v) is 9.08. The van der Waals surface area contributed by atoms with Gasteiger partial charge in [-0.1, -0.05) is 17.7 Å². The number of nitrogens with zero attached hydrogens (tertiary/aromatic N) is 4. The quantitative estimate of drug-likeness (QED) is 0.540. The molecule has 2 aliphatic heterocycles. The summed E-state index contributed by atoms with van der Waals surface area (Å²) in [5.41, 5.74) is 3.37. The Balaban J connectivity index is 0.000000655. The number of methoxy groups -OCH3 is 1. The van der Waals surface area contributed by atoms with Crippen LogP contribution in [0.2, 0.25) is 5.02 Å². The molecule has 0 unspecified atom stereocenters. The van der Waals surface area contributed by atoms with Gasteiger partial charge in [-0.15, -0.1) is 0 Å². The summed E-state index contributed by atoms with van der Waals surface area (Å²) in [6.07, 6.45) is 4.72. The first kappa shape index (κ1) is 28.4. The monoisotopic (exact) mass is 508 g/mol. The average Bonchev–Trinajstić information content (AvgIpc) is 2.81. The summed E-state index contributed by atoms with van der Waals surface area (Å²) in [5.74, 6) is 0.912. The summed E-state index contributed by atoms with van der Waals surface area (Å²) in [6.45, 7) is 5.28. The number of fused-ring (bicyclic) bond motifs is 4. The number of likely N-dealkylation sites (N-methyl/N-ethyl adjacent to an activating group) is 1. The van der Waals surface area contributed by atoms with Crippen molar-refractivity contribution < 1.29 is 24.5 Å². The summed E-state index contributed by atoms with van der Waals surface area (Å²) in [7, 11) is 3.73. The molecule has 0 aliphatic carbocycles. The molecule has 2 aliphatic rings. The number of carboxylic acid groups (broad SMARTS) is 2. The van der Waals surface area contributed by atoms with Crippen molar-refractivity contribution in [3.05, 3.63) is 62.8 Å². The minimum absolute atomic E-state index is 0.175. The number of halogens is 1. The summed E-state index contributed by atoms with van der Waals surface area (Å²) >= 11 is 6.09. The van der Waals surface area contributed by atoms with Crippen LogP contribution in [-0.4, -0.2) is 82.9 Å². The smallest absolute Gasteiger partial charge is 0.290 e. The van der Waals surface area contributed by atoms with Crippen molar-refractivity contribution in [1.82, 2.24) is 19.4 Å². The predicted octanol–water partition coefficient (Wildman–Crippen LogP) is 2.00. The fourth-order valence-corrected chi connectivity index (χ4v) is 4.95. The Morgan fingerprint density at radius 1 is 1.20 bits per heavy atom. The molecule has 0 saturated carbocycles. The van der Waals surface area contributed by atoms with E-state index in [2.05, 4.69) is 20.9 Å². The zero-order valence-electron chi connectivity index (χ0n) is 20.0. The number of pyridine rings is 2. The Bertz CT molecular complexity index is 1010. The number of piperidine rings is 1. The van der Waals surface area contributed by atoms with Crippen molar-refractivity contribution in [2.75, 3.05) is 40.4 Å². The first-order valence-corrected chi connectivity index (χ1v) is 11.6. The molecule has 0 amide bonds. The Labute approximate surface area is 209 Å². The van der Waals surface area contributed by atoms with Crippen LogP contribution in [-0.2, 0) is 34.0 Å². The Morgan fingerprint density at radius 2 is 1.91 bits per heavy atom. The maximum absolute atomic E-state index is 13.1. The molecule has 192 valence electrons. The number of rotatable bonds is 7. The van der Waals surface area contributed by atoms with Crippen LogP contribution in [0.1, 0.15) is 29.2 Å². The van der Waals surface area contributed by atoms with Gasteiger partial charge in [0.05, 0.1) is 11.6 Å². The van der Waals surface area contributed by atoms with Crippen LogP contribution < -0.4 is 5.56 Å². The fraction of sp³-hybridized carbons (Fsp3) is 0.500. The zero-order chi connectivity index (χ0) is 25.8. The third-order valence-corrected chi connectivity index (χ3v) is 6.25. The topological polar surface area (TPSA) is 125 Å². The second kappa shape index (κ2) is 14.6. The Morgan fingerprint density at radius 3 is 2.57 bits per heavy atom. The Kier molecular flexibility index (Phi) is 11.8. The third-order valence-electron chi connectivity index (χ3n) is 6.04. The van der Waals surface area contributed by atoms with Crippen LogP contribution >= 0.6 is 11.6 Å². The number of ether oxygens (including phenoxy) is 1. The molecule has 2 aromatic rings. The normalized spacial score (nSPS) is 18.4. The third kappa shape index (κ3) is 8.43. The molecule has 0 spiro atoms. The lowest BCUT2D eigenvalue weighted by atomic mass is 9.83. The lowest BCUT2D eigenvalue weighted by Crippen LogP contribution is -2.47. The summed E-state index contributed by atoms with van der Waals surface area (Å²) in [4.78, 5) is 38.7. The number of hydrogen-bond donors (Lipinski definition) is 2. The minimum Gasteiger partial charge on any atom is -0.483 e. The summed E-state index contributed by atoms with van der Waals surface area (Å²) in [5, 5.41) is 14.5. The van der Waals surface area contributed by atoms with Crippen LogP contribution in [0.3, 0.4) is 0 Å². The van der Waals surface area contributed by atoms with Gasteiger partial charge in [-0.05, 0) is 37.1 Å². The van der Waals surface area contributed by atoms with E-state index in [4.69, 9.17) is 36.1 Å². The van der Waals surface area contributed by atoms with Crippen molar-refractivity contribution in [3.63, 3.8) is 0 Å². The van der Waals surface area contributed by atoms with Crippen LogP contribution in [0.25, 0.3) is 0 Å². The molecule has 11 heteroatoms. The molecule has 35 heavy (non-hydrogen) atoms. The van der Waals surface area contributed by atoms with Crippen molar-refractivity contribution in [1.29, 1.82) is 0 Å². The molecule has 0 radical (unpaired) electrons. The summed E-state index contributed by atoms with van der Waals surface area (Å²) in [6, 6.07) is 6.19. The highest BCUT2D eigenvalue weighted by Gasteiger charge is 2.34. The SMILES string of the molecule is COCCN(C)Cc1ccc2n(c1=O)C[C@H]1C[C@@H]2CN(Cc2cncc(Cl)c2)C1.O=CO.O=CO. The second-order valence-electron chi connectivity index (χ2n) is 8.64.